The molecule has 12 nitrogen and oxygen atoms in total. The van der Waals surface area contributed by atoms with Crippen LogP contribution in [0.15, 0.2) is 16.9 Å². The average molecular weight is 581 g/mol. The van der Waals surface area contributed by atoms with Crippen LogP contribution in [0.1, 0.15) is 59.2 Å². The lowest BCUT2D eigenvalue weighted by atomic mass is 9.81. The number of aliphatic hydroxyl groups excluding tert-OH is 1. The second-order valence-corrected chi connectivity index (χ2v) is 10.8. The Balaban J connectivity index is 1.51. The van der Waals surface area contributed by atoms with E-state index in [0.717, 1.165) is 12.7 Å². The molecule has 4 heterocycles. The molecule has 42 heavy (non-hydrogen) atoms. The van der Waals surface area contributed by atoms with Crippen molar-refractivity contribution in [3.05, 3.63) is 61.7 Å². The van der Waals surface area contributed by atoms with Gasteiger partial charge in [-0.1, -0.05) is 6.92 Å². The topological polar surface area (TPSA) is 169 Å². The number of rotatable bonds is 5. The Labute approximate surface area is 238 Å². The van der Waals surface area contributed by atoms with Gasteiger partial charge in [-0.2, -0.15) is 0 Å². The molecular weight excluding hydrogens is 551 g/mol. The van der Waals surface area contributed by atoms with E-state index < -0.39 is 47.1 Å². The molecule has 220 valence electrons. The lowest BCUT2D eigenvalue weighted by Gasteiger charge is -2.31. The summed E-state index contributed by atoms with van der Waals surface area (Å²) in [4.78, 5) is 55.4. The molecule has 1 aromatic carbocycles. The molecule has 0 saturated heterocycles. The zero-order valence-electron chi connectivity index (χ0n) is 23.2. The predicted molar refractivity (Wildman–Crippen MR) is 145 cm³/mol. The largest absolute Gasteiger partial charge is 0.458 e. The van der Waals surface area contributed by atoms with Gasteiger partial charge in [0.05, 0.1) is 48.7 Å². The van der Waals surface area contributed by atoms with Gasteiger partial charge in [0, 0.05) is 22.6 Å². The van der Waals surface area contributed by atoms with Crippen molar-refractivity contribution in [1.82, 2.24) is 20.2 Å². The number of hydrogen-bond donors (Lipinski definition) is 4. The van der Waals surface area contributed by atoms with Crippen molar-refractivity contribution in [3.8, 4) is 11.4 Å². The van der Waals surface area contributed by atoms with Gasteiger partial charge in [0.25, 0.3) is 11.5 Å². The standard InChI is InChI=1S/C29H29FN4O8/c1-4-29(40)16-7-20-24-14(10-34(20)26(37)15(16)11-42-27(29)38)23-18(33-25(36)21(35)9-31-28(39)41-3)6-5-13-12(2)17(30)8-19(32-24)22(13)23/h7-8,18,21,35,40H,4-6,9-11H2,1-3H3,(H,31,39)(H,33,36)/t18-,21-,29-/m0/s1. The van der Waals surface area contributed by atoms with Gasteiger partial charge in [-0.25, -0.2) is 19.0 Å². The van der Waals surface area contributed by atoms with Crippen molar-refractivity contribution < 1.29 is 38.5 Å². The highest BCUT2D eigenvalue weighted by atomic mass is 19.1. The number of carbonyl (C=O) groups is 3. The van der Waals surface area contributed by atoms with Gasteiger partial charge in [0.15, 0.2) is 5.60 Å². The fraction of sp³-hybridized carbons (Fsp3) is 0.414. The molecule has 4 N–H and O–H groups in total. The lowest BCUT2D eigenvalue weighted by Crippen LogP contribution is -2.44. The van der Waals surface area contributed by atoms with E-state index >= 15 is 4.39 Å². The number of aryl methyl sites for hydroxylation is 1. The van der Waals surface area contributed by atoms with E-state index in [4.69, 9.17) is 9.72 Å². The number of esters is 1. The third-order valence-corrected chi connectivity index (χ3v) is 8.62. The van der Waals surface area contributed by atoms with E-state index in [1.54, 1.807) is 19.9 Å². The molecule has 0 unspecified atom stereocenters. The number of hydrogen-bond acceptors (Lipinski definition) is 9. The molecule has 1 aliphatic carbocycles. The summed E-state index contributed by atoms with van der Waals surface area (Å²) in [5.74, 6) is -2.01. The van der Waals surface area contributed by atoms with E-state index in [1.165, 1.54) is 10.6 Å². The van der Waals surface area contributed by atoms with Gasteiger partial charge >= 0.3 is 12.1 Å². The van der Waals surface area contributed by atoms with Crippen LogP contribution in [-0.2, 0) is 44.2 Å². The van der Waals surface area contributed by atoms with Gasteiger partial charge in [-0.15, -0.1) is 0 Å². The quantitative estimate of drug-likeness (QED) is 0.255. The lowest BCUT2D eigenvalue weighted by molar-refractivity contribution is -0.172. The van der Waals surface area contributed by atoms with Crippen molar-refractivity contribution in [2.45, 2.75) is 64.0 Å². The second-order valence-electron chi connectivity index (χ2n) is 10.8. The first-order valence-corrected chi connectivity index (χ1v) is 13.6. The molecule has 13 heteroatoms. The van der Waals surface area contributed by atoms with Crippen molar-refractivity contribution >= 4 is 28.9 Å². The molecular formula is C29H29FN4O8. The fourth-order valence-corrected chi connectivity index (χ4v) is 6.31. The minimum atomic E-state index is -2.00. The van der Waals surface area contributed by atoms with Crippen molar-refractivity contribution in [2.24, 2.45) is 0 Å². The number of aromatic nitrogens is 2. The van der Waals surface area contributed by atoms with Crippen LogP contribution in [0, 0.1) is 12.7 Å². The second kappa shape index (κ2) is 9.88. The zero-order valence-corrected chi connectivity index (χ0v) is 23.2. The number of halogens is 1. The van der Waals surface area contributed by atoms with E-state index in [-0.39, 0.29) is 37.2 Å². The third kappa shape index (κ3) is 3.98. The summed E-state index contributed by atoms with van der Waals surface area (Å²) in [5.41, 5.74) is 1.43. The summed E-state index contributed by atoms with van der Waals surface area (Å²) >= 11 is 0. The Morgan fingerprint density at radius 1 is 1.29 bits per heavy atom. The highest BCUT2D eigenvalue weighted by molar-refractivity contribution is 5.94. The van der Waals surface area contributed by atoms with Crippen molar-refractivity contribution in [2.75, 3.05) is 13.7 Å². The van der Waals surface area contributed by atoms with Crippen LogP contribution in [0.5, 0.6) is 0 Å². The molecule has 3 aromatic rings. The maximum Gasteiger partial charge on any atom is 0.406 e. The Morgan fingerprint density at radius 2 is 2.05 bits per heavy atom. The minimum absolute atomic E-state index is 0.0138. The Hall–Kier alpha value is -4.36. The Kier molecular flexibility index (Phi) is 6.54. The number of benzene rings is 1. The molecule has 2 aliphatic heterocycles. The summed E-state index contributed by atoms with van der Waals surface area (Å²) in [6.07, 6.45) is -1.57. The zero-order chi connectivity index (χ0) is 30.1. The van der Waals surface area contributed by atoms with Gasteiger partial charge < -0.3 is 34.9 Å². The highest BCUT2D eigenvalue weighted by Crippen LogP contribution is 2.45. The fourth-order valence-electron chi connectivity index (χ4n) is 6.31. The molecule has 3 aliphatic rings. The summed E-state index contributed by atoms with van der Waals surface area (Å²) in [7, 11) is 1.16. The van der Waals surface area contributed by atoms with Crippen LogP contribution in [0.4, 0.5) is 9.18 Å². The normalized spacial score (nSPS) is 20.7. The molecule has 0 bridgehead atoms. The number of nitrogens with one attached hydrogen (secondary N) is 2. The third-order valence-electron chi connectivity index (χ3n) is 8.62. The predicted octanol–water partition coefficient (Wildman–Crippen LogP) is 1.35. The number of aliphatic hydroxyl groups is 2. The molecule has 3 atom stereocenters. The number of methoxy groups -OCH3 is 1. The van der Waals surface area contributed by atoms with Gasteiger partial charge in [-0.3, -0.25) is 9.59 Å². The number of pyridine rings is 2. The maximum absolute atomic E-state index is 15.0. The Bertz CT molecular complexity index is 1770. The number of carbonyl (C=O) groups excluding carboxylic acids is 3. The number of ether oxygens (including phenoxy) is 2. The van der Waals surface area contributed by atoms with Crippen LogP contribution < -0.4 is 16.2 Å². The van der Waals surface area contributed by atoms with Crippen molar-refractivity contribution in [1.29, 1.82) is 0 Å². The number of cyclic esters (lactones) is 1. The van der Waals surface area contributed by atoms with Crippen molar-refractivity contribution in [3.63, 3.8) is 0 Å². The molecule has 0 saturated carbocycles. The van der Waals surface area contributed by atoms with Crippen LogP contribution >= 0.6 is 0 Å². The minimum Gasteiger partial charge on any atom is -0.458 e. The summed E-state index contributed by atoms with van der Waals surface area (Å²) in [5, 5.41) is 27.4. The SMILES string of the molecule is CC[C@@]1(O)C(=O)OCc2c1cc1n(c2=O)Cc2c-1nc1cc(F)c(C)c3c1c2[C@@H](NC(=O)[C@@H](O)CNC(=O)OC)CC3. The van der Waals surface area contributed by atoms with Gasteiger partial charge in [0.1, 0.15) is 18.5 Å². The average Bonchev–Trinajstić information content (AvgIpc) is 3.35. The summed E-state index contributed by atoms with van der Waals surface area (Å²) in [6.45, 7) is 2.73. The van der Waals surface area contributed by atoms with Crippen LogP contribution in [0.2, 0.25) is 0 Å². The van der Waals surface area contributed by atoms with Crippen LogP contribution in [-0.4, -0.2) is 57.5 Å². The molecule has 2 amide bonds. The van der Waals surface area contributed by atoms with E-state index in [0.29, 0.717) is 51.8 Å². The maximum atomic E-state index is 15.0. The highest BCUT2D eigenvalue weighted by Gasteiger charge is 2.46. The van der Waals surface area contributed by atoms with Gasteiger partial charge in [0.2, 0.25) is 0 Å². The monoisotopic (exact) mass is 580 g/mol. The molecule has 2 aromatic heterocycles. The van der Waals surface area contributed by atoms with Gasteiger partial charge in [-0.05, 0) is 48.9 Å². The smallest absolute Gasteiger partial charge is 0.406 e. The van der Waals surface area contributed by atoms with Crippen LogP contribution in [0.3, 0.4) is 0 Å². The first-order chi connectivity index (χ1) is 20.0. The van der Waals surface area contributed by atoms with E-state index in [1.807, 2.05) is 0 Å². The Morgan fingerprint density at radius 3 is 2.76 bits per heavy atom. The number of fused-ring (bicyclic) bond motifs is 5. The first kappa shape index (κ1) is 27.8. The summed E-state index contributed by atoms with van der Waals surface area (Å²) < 4.78 is 26.2. The molecule has 6 rings (SSSR count). The number of amides is 2. The van der Waals surface area contributed by atoms with E-state index in [2.05, 4.69) is 15.4 Å². The molecule has 0 radical (unpaired) electrons. The summed E-state index contributed by atoms with van der Waals surface area (Å²) in [6, 6.07) is 2.26. The molecule has 0 spiro atoms. The van der Waals surface area contributed by atoms with Crippen LogP contribution in [0.25, 0.3) is 22.3 Å². The number of alkyl carbamates (subject to hydrolysis) is 1. The van der Waals surface area contributed by atoms with E-state index in [9.17, 15) is 29.4 Å². The number of nitrogens with zero attached hydrogens (tertiary/aromatic N) is 2. The first-order valence-electron chi connectivity index (χ1n) is 13.6. The molecule has 0 fully saturated rings.